The molecule has 2 N–H and O–H groups in total. The molecule has 126 valence electrons. The summed E-state index contributed by atoms with van der Waals surface area (Å²) in [5.41, 5.74) is 9.43. The summed E-state index contributed by atoms with van der Waals surface area (Å²) in [6.07, 6.45) is 3.08. The third-order valence-corrected chi connectivity index (χ3v) is 3.04. The normalized spacial score (nSPS) is 11.2. The van der Waals surface area contributed by atoms with E-state index in [1.54, 1.807) is 38.4 Å². The summed E-state index contributed by atoms with van der Waals surface area (Å²) in [7, 11) is 1.57. The second-order valence-corrected chi connectivity index (χ2v) is 4.91. The zero-order chi connectivity index (χ0) is 17.4. The lowest BCUT2D eigenvalue weighted by molar-refractivity contribution is 0.180. The molecule has 8 heteroatoms. The van der Waals surface area contributed by atoms with E-state index in [0.717, 1.165) is 0 Å². The van der Waals surface area contributed by atoms with Crippen molar-refractivity contribution in [1.29, 1.82) is 5.53 Å². The smallest absolute Gasteiger partial charge is 0.317 e. The summed E-state index contributed by atoms with van der Waals surface area (Å²) in [5.74, 6) is -0.272. The van der Waals surface area contributed by atoms with Gasteiger partial charge in [-0.3, -0.25) is 0 Å². The Kier molecular flexibility index (Phi) is 6.32. The van der Waals surface area contributed by atoms with Crippen molar-refractivity contribution in [2.24, 2.45) is 5.11 Å². The van der Waals surface area contributed by atoms with Gasteiger partial charge in [-0.05, 0) is 36.8 Å². The monoisotopic (exact) mass is 331 g/mol. The van der Waals surface area contributed by atoms with Crippen LogP contribution in [0.25, 0.3) is 0 Å². The van der Waals surface area contributed by atoms with Crippen LogP contribution >= 0.6 is 0 Å². The number of hydrogen-bond acceptors (Lipinski definition) is 7. The number of halogens is 1. The molecule has 0 aliphatic rings. The third-order valence-electron chi connectivity index (χ3n) is 3.04. The summed E-state index contributed by atoms with van der Waals surface area (Å²) in [6.45, 7) is 2.05. The summed E-state index contributed by atoms with van der Waals surface area (Å²) >= 11 is 0. The minimum atomic E-state index is -0.272. The number of ether oxygens (including phenoxy) is 2. The first kappa shape index (κ1) is 17.5. The molecule has 1 heterocycles. The fraction of sp³-hybridized carbons (Fsp3) is 0.250. The van der Waals surface area contributed by atoms with Gasteiger partial charge in [-0.2, -0.15) is 10.1 Å². The van der Waals surface area contributed by atoms with Crippen LogP contribution in [0.2, 0.25) is 0 Å². The lowest BCUT2D eigenvalue weighted by Gasteiger charge is -2.07. The lowest BCUT2D eigenvalue weighted by Crippen LogP contribution is -2.05. The first-order chi connectivity index (χ1) is 11.6. The molecule has 0 fully saturated rings. The topological polar surface area (TPSA) is 92.5 Å². The van der Waals surface area contributed by atoms with Crippen molar-refractivity contribution in [2.45, 2.75) is 13.5 Å². The van der Waals surface area contributed by atoms with Gasteiger partial charge < -0.3 is 14.8 Å². The Morgan fingerprint density at radius 2 is 2.25 bits per heavy atom. The van der Waals surface area contributed by atoms with Crippen molar-refractivity contribution < 1.29 is 13.9 Å². The molecule has 7 nitrogen and oxygen atoms in total. The number of nitrogens with zero attached hydrogens (tertiary/aromatic N) is 3. The number of nitrogens with one attached hydrogen (secondary N) is 2. The Balaban J connectivity index is 1.97. The van der Waals surface area contributed by atoms with Gasteiger partial charge in [-0.25, -0.2) is 14.9 Å². The number of rotatable bonds is 8. The van der Waals surface area contributed by atoms with Crippen molar-refractivity contribution in [1.82, 2.24) is 9.97 Å². The van der Waals surface area contributed by atoms with E-state index in [1.807, 2.05) is 0 Å². The number of hydrogen-bond donors (Lipinski definition) is 2. The molecule has 2 rings (SSSR count). The zero-order valence-corrected chi connectivity index (χ0v) is 13.4. The second-order valence-electron chi connectivity index (χ2n) is 4.91. The Morgan fingerprint density at radius 1 is 1.42 bits per heavy atom. The molecule has 2 aromatic rings. The molecule has 24 heavy (non-hydrogen) atoms. The molecular formula is C16H18FN5O2. The van der Waals surface area contributed by atoms with E-state index in [0.29, 0.717) is 29.2 Å². The van der Waals surface area contributed by atoms with Crippen LogP contribution < -0.4 is 10.1 Å². The average molecular weight is 331 g/mol. The highest BCUT2D eigenvalue weighted by molar-refractivity contribution is 5.48. The van der Waals surface area contributed by atoms with Gasteiger partial charge in [0.05, 0.1) is 12.3 Å². The quantitative estimate of drug-likeness (QED) is 0.723. The lowest BCUT2D eigenvalue weighted by atomic mass is 10.2. The van der Waals surface area contributed by atoms with E-state index in [2.05, 4.69) is 20.4 Å². The highest BCUT2D eigenvalue weighted by Gasteiger charge is 2.03. The maximum atomic E-state index is 13.2. The summed E-state index contributed by atoms with van der Waals surface area (Å²) in [4.78, 5) is 8.14. The van der Waals surface area contributed by atoms with Crippen LogP contribution in [0.15, 0.2) is 47.5 Å². The van der Waals surface area contributed by atoms with E-state index >= 15 is 0 Å². The molecule has 0 radical (unpaired) electrons. The molecule has 0 spiro atoms. The van der Waals surface area contributed by atoms with E-state index in [9.17, 15) is 4.39 Å². The van der Waals surface area contributed by atoms with Crippen molar-refractivity contribution >= 4 is 5.69 Å². The highest BCUT2D eigenvalue weighted by atomic mass is 19.1. The maximum Gasteiger partial charge on any atom is 0.317 e. The van der Waals surface area contributed by atoms with E-state index in [-0.39, 0.29) is 18.4 Å². The van der Waals surface area contributed by atoms with Crippen LogP contribution in [0.5, 0.6) is 6.01 Å². The van der Waals surface area contributed by atoms with Crippen LogP contribution in [0.4, 0.5) is 10.1 Å². The van der Waals surface area contributed by atoms with Crippen molar-refractivity contribution in [3.05, 3.63) is 59.4 Å². The minimum Gasteiger partial charge on any atom is -0.457 e. The second kappa shape index (κ2) is 8.68. The van der Waals surface area contributed by atoms with Gasteiger partial charge in [-0.1, -0.05) is 0 Å². The molecule has 0 atom stereocenters. The van der Waals surface area contributed by atoms with Crippen LogP contribution in [-0.2, 0) is 11.3 Å². The molecule has 0 amide bonds. The molecular weight excluding hydrogens is 313 g/mol. The molecule has 1 aromatic carbocycles. The maximum absolute atomic E-state index is 13.2. The fourth-order valence-corrected chi connectivity index (χ4v) is 1.82. The molecule has 0 saturated heterocycles. The van der Waals surface area contributed by atoms with Gasteiger partial charge in [-0.15, -0.1) is 0 Å². The molecule has 1 aromatic heterocycles. The average Bonchev–Trinajstić information content (AvgIpc) is 2.59. The van der Waals surface area contributed by atoms with Crippen LogP contribution in [-0.4, -0.2) is 23.7 Å². The largest absolute Gasteiger partial charge is 0.457 e. The van der Waals surface area contributed by atoms with Crippen LogP contribution in [0.3, 0.4) is 0 Å². The SMILES string of the molecule is COCc1ccnc(OC/C(=C/Nc2ccc(F)c(C)c2)N=N)n1. The van der Waals surface area contributed by atoms with Gasteiger partial charge in [0.25, 0.3) is 0 Å². The fourth-order valence-electron chi connectivity index (χ4n) is 1.82. The van der Waals surface area contributed by atoms with Gasteiger partial charge in [0, 0.05) is 25.2 Å². The van der Waals surface area contributed by atoms with E-state index in [1.165, 1.54) is 12.3 Å². The number of benzene rings is 1. The van der Waals surface area contributed by atoms with Crippen molar-refractivity contribution in [3.63, 3.8) is 0 Å². The van der Waals surface area contributed by atoms with E-state index < -0.39 is 0 Å². The highest BCUT2D eigenvalue weighted by Crippen LogP contribution is 2.14. The molecule has 0 unspecified atom stereocenters. The molecule has 0 bridgehead atoms. The summed E-state index contributed by atoms with van der Waals surface area (Å²) in [5, 5.41) is 6.33. The van der Waals surface area contributed by atoms with Gasteiger partial charge in [0.1, 0.15) is 18.1 Å². The van der Waals surface area contributed by atoms with E-state index in [4.69, 9.17) is 15.0 Å². The minimum absolute atomic E-state index is 0.0209. The first-order valence-electron chi connectivity index (χ1n) is 7.15. The van der Waals surface area contributed by atoms with Crippen molar-refractivity contribution in [3.8, 4) is 6.01 Å². The van der Waals surface area contributed by atoms with Crippen molar-refractivity contribution in [2.75, 3.05) is 19.0 Å². The molecule has 0 aliphatic heterocycles. The Labute approximate surface area is 139 Å². The summed E-state index contributed by atoms with van der Waals surface area (Å²) in [6, 6.07) is 6.52. The Bertz CT molecular complexity index is 736. The van der Waals surface area contributed by atoms with Gasteiger partial charge >= 0.3 is 6.01 Å². The molecule has 0 aliphatic carbocycles. The number of aryl methyl sites for hydroxylation is 1. The van der Waals surface area contributed by atoms with Crippen LogP contribution in [0, 0.1) is 18.3 Å². The number of methoxy groups -OCH3 is 1. The van der Waals surface area contributed by atoms with Crippen LogP contribution in [0.1, 0.15) is 11.3 Å². The molecule has 0 saturated carbocycles. The third kappa shape index (κ3) is 5.10. The first-order valence-corrected chi connectivity index (χ1v) is 7.15. The summed E-state index contributed by atoms with van der Waals surface area (Å²) < 4.78 is 23.6. The Morgan fingerprint density at radius 3 is 2.96 bits per heavy atom. The number of anilines is 1. The predicted molar refractivity (Wildman–Crippen MR) is 86.2 cm³/mol. The number of aromatic nitrogens is 2. The standard InChI is InChI=1S/C16H18FN5O2/c1-11-7-12(3-4-15(11)17)20-8-14(22-18)10-24-16-19-6-5-13(21-16)9-23-2/h3-8,18,20H,9-10H2,1-2H3/b14-8-,22-18?. The zero-order valence-electron chi connectivity index (χ0n) is 13.4. The Hall–Kier alpha value is -2.87. The van der Waals surface area contributed by atoms with Gasteiger partial charge in [0.15, 0.2) is 0 Å². The predicted octanol–water partition coefficient (Wildman–Crippen LogP) is 3.43. The van der Waals surface area contributed by atoms with Gasteiger partial charge in [0.2, 0.25) is 0 Å².